The molecule has 2 aromatic heterocycles. The highest BCUT2D eigenvalue weighted by atomic mass is 16.6. The summed E-state index contributed by atoms with van der Waals surface area (Å²) in [6.45, 7) is 6.63. The van der Waals surface area contributed by atoms with Gasteiger partial charge in [-0.2, -0.15) is 0 Å². The Kier molecular flexibility index (Phi) is 5.70. The van der Waals surface area contributed by atoms with Crippen LogP contribution >= 0.6 is 0 Å². The third-order valence-corrected chi connectivity index (χ3v) is 4.44. The van der Waals surface area contributed by atoms with Crippen LogP contribution in [0.3, 0.4) is 0 Å². The molecule has 25 heavy (non-hydrogen) atoms. The molecular formula is C17H24N4O4. The van der Waals surface area contributed by atoms with E-state index in [0.29, 0.717) is 23.9 Å². The van der Waals surface area contributed by atoms with Crippen LogP contribution in [0.15, 0.2) is 21.2 Å². The molecule has 1 unspecified atom stereocenters. The first-order chi connectivity index (χ1) is 12.1. The molecule has 0 bridgehead atoms. The fourth-order valence-corrected chi connectivity index (χ4v) is 2.94. The van der Waals surface area contributed by atoms with Gasteiger partial charge in [-0.3, -0.25) is 9.69 Å². The van der Waals surface area contributed by atoms with Gasteiger partial charge in [-0.1, -0.05) is 11.6 Å². The van der Waals surface area contributed by atoms with Gasteiger partial charge in [0.05, 0.1) is 12.6 Å². The molecule has 1 atom stereocenters. The van der Waals surface area contributed by atoms with Crippen LogP contribution in [0.25, 0.3) is 0 Å². The van der Waals surface area contributed by atoms with Crippen molar-refractivity contribution >= 4 is 5.91 Å². The van der Waals surface area contributed by atoms with Crippen LogP contribution in [-0.2, 0) is 0 Å². The van der Waals surface area contributed by atoms with Crippen LogP contribution in [0.2, 0.25) is 0 Å². The molecular weight excluding hydrogens is 324 g/mol. The number of nitrogens with one attached hydrogen (secondary N) is 1. The molecule has 1 aliphatic heterocycles. The number of hydrogen-bond donors (Lipinski definition) is 1. The minimum Gasteiger partial charge on any atom is -0.472 e. The molecule has 3 rings (SSSR count). The standard InChI is InChI=1S/C17H24N4O4/c1-12-17(20-25-19-12)23-11-8-18-16(22)15-7-6-14(24-15)13(2)21-9-4-3-5-10-21/h6-7,13H,3-5,8-11H2,1-2H3,(H,18,22). The van der Waals surface area contributed by atoms with E-state index in [4.69, 9.17) is 9.15 Å². The molecule has 1 saturated heterocycles. The number of nitrogens with zero attached hydrogens (tertiary/aromatic N) is 3. The molecule has 0 radical (unpaired) electrons. The van der Waals surface area contributed by atoms with Gasteiger partial charge < -0.3 is 14.5 Å². The maximum Gasteiger partial charge on any atom is 0.287 e. The summed E-state index contributed by atoms with van der Waals surface area (Å²) in [6, 6.07) is 3.79. The van der Waals surface area contributed by atoms with Gasteiger partial charge >= 0.3 is 0 Å². The van der Waals surface area contributed by atoms with Crippen molar-refractivity contribution in [3.8, 4) is 5.88 Å². The normalized spacial score (nSPS) is 16.6. The van der Waals surface area contributed by atoms with E-state index < -0.39 is 0 Å². The monoisotopic (exact) mass is 348 g/mol. The molecule has 0 saturated carbocycles. The predicted molar refractivity (Wildman–Crippen MR) is 89.4 cm³/mol. The topological polar surface area (TPSA) is 93.6 Å². The molecule has 1 aliphatic rings. The number of hydrogen-bond acceptors (Lipinski definition) is 7. The number of aryl methyl sites for hydroxylation is 1. The molecule has 0 spiro atoms. The Morgan fingerprint density at radius 3 is 2.84 bits per heavy atom. The van der Waals surface area contributed by atoms with Crippen molar-refractivity contribution in [3.63, 3.8) is 0 Å². The largest absolute Gasteiger partial charge is 0.472 e. The van der Waals surface area contributed by atoms with Crippen molar-refractivity contribution in [2.75, 3.05) is 26.2 Å². The smallest absolute Gasteiger partial charge is 0.287 e. The average molecular weight is 348 g/mol. The van der Waals surface area contributed by atoms with E-state index in [2.05, 4.69) is 32.1 Å². The quantitative estimate of drug-likeness (QED) is 0.767. The summed E-state index contributed by atoms with van der Waals surface area (Å²) in [5, 5.41) is 9.99. The number of aromatic nitrogens is 2. The maximum atomic E-state index is 12.2. The maximum absolute atomic E-state index is 12.2. The highest BCUT2D eigenvalue weighted by Gasteiger charge is 2.22. The van der Waals surface area contributed by atoms with Gasteiger partial charge in [-0.25, -0.2) is 4.63 Å². The number of piperidine rings is 1. The summed E-state index contributed by atoms with van der Waals surface area (Å²) in [5.41, 5.74) is 0.578. The number of ether oxygens (including phenoxy) is 1. The lowest BCUT2D eigenvalue weighted by molar-refractivity contribution is 0.0909. The minimum absolute atomic E-state index is 0.188. The van der Waals surface area contributed by atoms with Gasteiger partial charge in [-0.15, -0.1) is 0 Å². The van der Waals surface area contributed by atoms with Crippen molar-refractivity contribution in [3.05, 3.63) is 29.3 Å². The van der Waals surface area contributed by atoms with Crippen LogP contribution in [-0.4, -0.2) is 47.4 Å². The SMILES string of the molecule is Cc1nonc1OCCNC(=O)c1ccc(C(C)N2CCCCC2)o1. The van der Waals surface area contributed by atoms with Crippen molar-refractivity contribution in [1.82, 2.24) is 20.5 Å². The van der Waals surface area contributed by atoms with Crippen molar-refractivity contribution in [2.45, 2.75) is 39.2 Å². The van der Waals surface area contributed by atoms with Crippen LogP contribution in [0.5, 0.6) is 5.88 Å². The fourth-order valence-electron chi connectivity index (χ4n) is 2.94. The average Bonchev–Trinajstić information content (AvgIpc) is 3.28. The zero-order chi connectivity index (χ0) is 17.6. The van der Waals surface area contributed by atoms with Gasteiger partial charge in [0.2, 0.25) is 0 Å². The number of carbonyl (C=O) groups excluding carboxylic acids is 1. The molecule has 8 nitrogen and oxygen atoms in total. The van der Waals surface area contributed by atoms with E-state index in [0.717, 1.165) is 18.8 Å². The zero-order valence-electron chi connectivity index (χ0n) is 14.7. The molecule has 1 amide bonds. The third kappa shape index (κ3) is 4.39. The molecule has 2 aromatic rings. The Bertz CT molecular complexity index is 690. The van der Waals surface area contributed by atoms with E-state index in [1.807, 2.05) is 6.07 Å². The summed E-state index contributed by atoms with van der Waals surface area (Å²) >= 11 is 0. The third-order valence-electron chi connectivity index (χ3n) is 4.44. The highest BCUT2D eigenvalue weighted by molar-refractivity contribution is 5.91. The second-order valence-corrected chi connectivity index (χ2v) is 6.23. The Labute approximate surface area is 146 Å². The van der Waals surface area contributed by atoms with Crippen LogP contribution in [0.1, 0.15) is 54.2 Å². The van der Waals surface area contributed by atoms with Crippen LogP contribution in [0.4, 0.5) is 0 Å². The Hall–Kier alpha value is -2.35. The van der Waals surface area contributed by atoms with E-state index in [9.17, 15) is 4.79 Å². The minimum atomic E-state index is -0.254. The number of carbonyl (C=O) groups is 1. The fraction of sp³-hybridized carbons (Fsp3) is 0.588. The van der Waals surface area contributed by atoms with Crippen molar-refractivity contribution in [1.29, 1.82) is 0 Å². The lowest BCUT2D eigenvalue weighted by atomic mass is 10.1. The summed E-state index contributed by atoms with van der Waals surface area (Å²) in [6.07, 6.45) is 3.73. The van der Waals surface area contributed by atoms with E-state index in [1.165, 1.54) is 19.3 Å². The van der Waals surface area contributed by atoms with Gasteiger partial charge in [0, 0.05) is 0 Å². The number of rotatable bonds is 7. The second kappa shape index (κ2) is 8.15. The van der Waals surface area contributed by atoms with E-state index in [-0.39, 0.29) is 18.6 Å². The summed E-state index contributed by atoms with van der Waals surface area (Å²) in [5.74, 6) is 1.23. The first kappa shape index (κ1) is 17.5. The Morgan fingerprint density at radius 2 is 2.12 bits per heavy atom. The second-order valence-electron chi connectivity index (χ2n) is 6.23. The molecule has 0 aromatic carbocycles. The number of amides is 1. The first-order valence-electron chi connectivity index (χ1n) is 8.69. The van der Waals surface area contributed by atoms with Gasteiger partial charge in [0.15, 0.2) is 5.76 Å². The van der Waals surface area contributed by atoms with Gasteiger partial charge in [0.1, 0.15) is 18.1 Å². The number of furan rings is 1. The zero-order valence-corrected chi connectivity index (χ0v) is 14.7. The van der Waals surface area contributed by atoms with E-state index >= 15 is 0 Å². The van der Waals surface area contributed by atoms with Crippen molar-refractivity contribution in [2.24, 2.45) is 0 Å². The first-order valence-corrected chi connectivity index (χ1v) is 8.69. The van der Waals surface area contributed by atoms with E-state index in [1.54, 1.807) is 13.0 Å². The lowest BCUT2D eigenvalue weighted by Gasteiger charge is -2.31. The molecule has 8 heteroatoms. The Balaban J connectivity index is 1.46. The molecule has 0 aliphatic carbocycles. The molecule has 3 heterocycles. The molecule has 1 N–H and O–H groups in total. The van der Waals surface area contributed by atoms with Gasteiger partial charge in [0.25, 0.3) is 11.8 Å². The van der Waals surface area contributed by atoms with Gasteiger partial charge in [-0.05, 0) is 57.1 Å². The lowest BCUT2D eigenvalue weighted by Crippen LogP contribution is -2.32. The molecule has 1 fully saturated rings. The Morgan fingerprint density at radius 1 is 1.32 bits per heavy atom. The predicted octanol–water partition coefficient (Wildman–Crippen LogP) is 2.33. The molecule has 136 valence electrons. The summed E-state index contributed by atoms with van der Waals surface area (Å²) < 4.78 is 15.7. The highest BCUT2D eigenvalue weighted by Crippen LogP contribution is 2.25. The van der Waals surface area contributed by atoms with Crippen LogP contribution in [0, 0.1) is 6.92 Å². The summed E-state index contributed by atoms with van der Waals surface area (Å²) in [4.78, 5) is 14.6. The van der Waals surface area contributed by atoms with Crippen LogP contribution < -0.4 is 10.1 Å². The summed E-state index contributed by atoms with van der Waals surface area (Å²) in [7, 11) is 0. The number of likely N-dealkylation sites (tertiary alicyclic amines) is 1. The van der Waals surface area contributed by atoms with Crippen molar-refractivity contribution < 1.29 is 18.6 Å².